The van der Waals surface area contributed by atoms with Crippen molar-refractivity contribution in [1.29, 1.82) is 0 Å². The molecule has 104 valence electrons. The van der Waals surface area contributed by atoms with E-state index in [4.69, 9.17) is 9.47 Å². The minimum Gasteiger partial charge on any atom is -0.493 e. The molecule has 0 heterocycles. The van der Waals surface area contributed by atoms with Gasteiger partial charge in [0, 0.05) is 0 Å². The number of hydrogen-bond donors (Lipinski definition) is 0. The lowest BCUT2D eigenvalue weighted by Crippen LogP contribution is -2.29. The molecule has 1 aliphatic carbocycles. The van der Waals surface area contributed by atoms with E-state index in [1.54, 1.807) is 12.1 Å². The maximum Gasteiger partial charge on any atom is 0.312 e. The number of esters is 1. The lowest BCUT2D eigenvalue weighted by Gasteiger charge is -2.21. The van der Waals surface area contributed by atoms with E-state index in [2.05, 4.69) is 0 Å². The quantitative estimate of drug-likeness (QED) is 0.768. The van der Waals surface area contributed by atoms with Crippen LogP contribution in [0.4, 0.5) is 4.39 Å². The monoisotopic (exact) mass is 266 g/mol. The highest BCUT2D eigenvalue weighted by Gasteiger charge is 2.32. The van der Waals surface area contributed by atoms with Crippen molar-refractivity contribution in [3.8, 4) is 5.75 Å². The number of methoxy groups -OCH3 is 1. The van der Waals surface area contributed by atoms with Crippen LogP contribution in [-0.2, 0) is 9.53 Å². The second kappa shape index (κ2) is 6.55. The fraction of sp³-hybridized carbons (Fsp3) is 0.533. The van der Waals surface area contributed by atoms with Gasteiger partial charge < -0.3 is 9.47 Å². The van der Waals surface area contributed by atoms with Gasteiger partial charge in [0.05, 0.1) is 13.0 Å². The van der Waals surface area contributed by atoms with Gasteiger partial charge in [-0.05, 0) is 43.0 Å². The highest BCUT2D eigenvalue weighted by Crippen LogP contribution is 2.32. The Morgan fingerprint density at radius 3 is 2.53 bits per heavy atom. The minimum atomic E-state index is -0.298. The zero-order chi connectivity index (χ0) is 13.7. The summed E-state index contributed by atoms with van der Waals surface area (Å²) in [6, 6.07) is 5.83. The molecule has 0 bridgehead atoms. The van der Waals surface area contributed by atoms with Gasteiger partial charge in [-0.3, -0.25) is 4.79 Å². The van der Waals surface area contributed by atoms with Gasteiger partial charge in [0.15, 0.2) is 0 Å². The van der Waals surface area contributed by atoms with Crippen molar-refractivity contribution in [3.05, 3.63) is 30.1 Å². The number of halogens is 1. The largest absolute Gasteiger partial charge is 0.493 e. The van der Waals surface area contributed by atoms with E-state index in [0.717, 1.165) is 25.7 Å². The number of ether oxygens (including phenoxy) is 2. The molecule has 1 aliphatic rings. The molecule has 1 atom stereocenters. The molecule has 0 spiro atoms. The van der Waals surface area contributed by atoms with E-state index in [1.165, 1.54) is 19.2 Å². The van der Waals surface area contributed by atoms with Gasteiger partial charge in [0.25, 0.3) is 0 Å². The SMILES string of the molecule is COC(=O)C(COc1ccc(F)cc1)C1CCCC1. The molecular formula is C15H19FO3. The average molecular weight is 266 g/mol. The maximum absolute atomic E-state index is 12.8. The van der Waals surface area contributed by atoms with Crippen LogP contribution in [0, 0.1) is 17.7 Å². The molecule has 2 rings (SSSR count). The topological polar surface area (TPSA) is 35.5 Å². The van der Waals surface area contributed by atoms with Crippen molar-refractivity contribution in [1.82, 2.24) is 0 Å². The highest BCUT2D eigenvalue weighted by molar-refractivity contribution is 5.72. The van der Waals surface area contributed by atoms with E-state index in [9.17, 15) is 9.18 Å². The molecule has 1 aromatic rings. The second-order valence-corrected chi connectivity index (χ2v) is 4.94. The van der Waals surface area contributed by atoms with Crippen LogP contribution in [0.5, 0.6) is 5.75 Å². The zero-order valence-corrected chi connectivity index (χ0v) is 11.1. The third-order valence-corrected chi connectivity index (χ3v) is 3.72. The fourth-order valence-electron chi connectivity index (χ4n) is 2.62. The summed E-state index contributed by atoms with van der Waals surface area (Å²) in [7, 11) is 1.40. The Balaban J connectivity index is 1.95. The summed E-state index contributed by atoms with van der Waals surface area (Å²) < 4.78 is 23.2. The Bertz CT molecular complexity index is 410. The Hall–Kier alpha value is -1.58. The van der Waals surface area contributed by atoms with Crippen LogP contribution in [0.3, 0.4) is 0 Å². The number of carbonyl (C=O) groups excluding carboxylic acids is 1. The molecule has 1 saturated carbocycles. The lowest BCUT2D eigenvalue weighted by molar-refractivity contribution is -0.148. The molecule has 1 fully saturated rings. The van der Waals surface area contributed by atoms with Gasteiger partial charge in [0.2, 0.25) is 0 Å². The van der Waals surface area contributed by atoms with E-state index >= 15 is 0 Å². The van der Waals surface area contributed by atoms with Crippen molar-refractivity contribution < 1.29 is 18.7 Å². The number of hydrogen-bond acceptors (Lipinski definition) is 3. The summed E-state index contributed by atoms with van der Waals surface area (Å²) in [6.07, 6.45) is 4.42. The Kier molecular flexibility index (Phi) is 4.77. The first-order chi connectivity index (χ1) is 9.20. The van der Waals surface area contributed by atoms with Crippen LogP contribution in [-0.4, -0.2) is 19.7 Å². The van der Waals surface area contributed by atoms with E-state index < -0.39 is 0 Å². The predicted molar refractivity (Wildman–Crippen MR) is 69.4 cm³/mol. The van der Waals surface area contributed by atoms with Crippen LogP contribution >= 0.6 is 0 Å². The molecule has 4 heteroatoms. The molecule has 0 aromatic heterocycles. The fourth-order valence-corrected chi connectivity index (χ4v) is 2.62. The number of benzene rings is 1. The summed E-state index contributed by atoms with van der Waals surface area (Å²) in [4.78, 5) is 11.8. The second-order valence-electron chi connectivity index (χ2n) is 4.94. The van der Waals surface area contributed by atoms with Crippen LogP contribution in [0.15, 0.2) is 24.3 Å². The molecular weight excluding hydrogens is 247 g/mol. The number of rotatable bonds is 5. The minimum absolute atomic E-state index is 0.214. The van der Waals surface area contributed by atoms with Crippen molar-refractivity contribution in [2.24, 2.45) is 11.8 Å². The molecule has 0 amide bonds. The van der Waals surface area contributed by atoms with Crippen molar-refractivity contribution >= 4 is 5.97 Å². The molecule has 0 saturated heterocycles. The zero-order valence-electron chi connectivity index (χ0n) is 11.1. The smallest absolute Gasteiger partial charge is 0.312 e. The predicted octanol–water partition coefficient (Wildman–Crippen LogP) is 3.18. The van der Waals surface area contributed by atoms with Gasteiger partial charge in [-0.25, -0.2) is 4.39 Å². The van der Waals surface area contributed by atoms with Crippen LogP contribution in [0.25, 0.3) is 0 Å². The Labute approximate surface area is 112 Å². The summed E-state index contributed by atoms with van der Waals surface area (Å²) >= 11 is 0. The third kappa shape index (κ3) is 3.69. The first-order valence-electron chi connectivity index (χ1n) is 6.67. The summed E-state index contributed by atoms with van der Waals surface area (Å²) in [5, 5.41) is 0. The molecule has 0 N–H and O–H groups in total. The van der Waals surface area contributed by atoms with Crippen LogP contribution < -0.4 is 4.74 Å². The van der Waals surface area contributed by atoms with E-state index in [-0.39, 0.29) is 17.7 Å². The van der Waals surface area contributed by atoms with Crippen molar-refractivity contribution in [2.75, 3.05) is 13.7 Å². The van der Waals surface area contributed by atoms with Gasteiger partial charge in [-0.1, -0.05) is 12.8 Å². The van der Waals surface area contributed by atoms with Crippen molar-refractivity contribution in [2.45, 2.75) is 25.7 Å². The molecule has 19 heavy (non-hydrogen) atoms. The van der Waals surface area contributed by atoms with Gasteiger partial charge in [-0.15, -0.1) is 0 Å². The normalized spacial score (nSPS) is 17.2. The van der Waals surface area contributed by atoms with Crippen LogP contribution in [0.1, 0.15) is 25.7 Å². The average Bonchev–Trinajstić information content (AvgIpc) is 2.94. The Morgan fingerprint density at radius 1 is 1.32 bits per heavy atom. The maximum atomic E-state index is 12.8. The van der Waals surface area contributed by atoms with Crippen molar-refractivity contribution in [3.63, 3.8) is 0 Å². The third-order valence-electron chi connectivity index (χ3n) is 3.72. The Morgan fingerprint density at radius 2 is 1.95 bits per heavy atom. The molecule has 1 aromatic carbocycles. The van der Waals surface area contributed by atoms with Gasteiger partial charge in [0.1, 0.15) is 18.2 Å². The number of carbonyl (C=O) groups is 1. The molecule has 1 unspecified atom stereocenters. The highest BCUT2D eigenvalue weighted by atomic mass is 19.1. The summed E-state index contributed by atoms with van der Waals surface area (Å²) in [5.74, 6) is 0.181. The van der Waals surface area contributed by atoms with Gasteiger partial charge in [-0.2, -0.15) is 0 Å². The summed E-state index contributed by atoms with van der Waals surface area (Å²) in [5.41, 5.74) is 0. The first-order valence-corrected chi connectivity index (χ1v) is 6.67. The molecule has 0 aliphatic heterocycles. The van der Waals surface area contributed by atoms with Gasteiger partial charge >= 0.3 is 5.97 Å². The van der Waals surface area contributed by atoms with E-state index in [1.807, 2.05) is 0 Å². The standard InChI is InChI=1S/C15H19FO3/c1-18-15(17)14(11-4-2-3-5-11)10-19-13-8-6-12(16)7-9-13/h6-9,11,14H,2-5,10H2,1H3. The molecule has 0 radical (unpaired) electrons. The molecule has 3 nitrogen and oxygen atoms in total. The van der Waals surface area contributed by atoms with Crippen LogP contribution in [0.2, 0.25) is 0 Å². The summed E-state index contributed by atoms with van der Waals surface area (Å²) in [6.45, 7) is 0.295. The lowest BCUT2D eigenvalue weighted by atomic mass is 9.91. The first kappa shape index (κ1) is 13.8. The van der Waals surface area contributed by atoms with E-state index in [0.29, 0.717) is 18.3 Å².